The summed E-state index contributed by atoms with van der Waals surface area (Å²) in [6.07, 6.45) is 0. The van der Waals surface area contributed by atoms with Gasteiger partial charge in [0.1, 0.15) is 5.82 Å². The molecule has 4 heteroatoms. The lowest BCUT2D eigenvalue weighted by atomic mass is 9.64. The summed E-state index contributed by atoms with van der Waals surface area (Å²) in [5, 5.41) is 9.42. The Morgan fingerprint density at radius 2 is 2.00 bits per heavy atom. The highest BCUT2D eigenvalue weighted by Gasteiger charge is 2.52. The maximum Gasteiger partial charge on any atom is 0.307 e. The monoisotopic (exact) mass is 252 g/mol. The van der Waals surface area contributed by atoms with Crippen molar-refractivity contribution >= 4 is 5.97 Å². The quantitative estimate of drug-likeness (QED) is 0.895. The standard InChI is InChI=1S/C14H17FO3/c1-9(2)12(13(16)17)14(7-18-8-14)10-5-3-4-6-11(10)15/h3-6,9,12H,7-8H2,1-2H3,(H,16,17). The molecule has 0 aromatic heterocycles. The topological polar surface area (TPSA) is 46.5 Å². The van der Waals surface area contributed by atoms with Gasteiger partial charge in [0, 0.05) is 0 Å². The number of halogens is 1. The van der Waals surface area contributed by atoms with Gasteiger partial charge in [-0.25, -0.2) is 4.39 Å². The van der Waals surface area contributed by atoms with E-state index in [1.54, 1.807) is 18.2 Å². The number of carbonyl (C=O) groups is 1. The zero-order chi connectivity index (χ0) is 13.3. The van der Waals surface area contributed by atoms with Crippen LogP contribution in [0, 0.1) is 17.7 Å². The number of hydrogen-bond donors (Lipinski definition) is 1. The van der Waals surface area contributed by atoms with Crippen LogP contribution in [0.4, 0.5) is 4.39 Å². The van der Waals surface area contributed by atoms with Crippen LogP contribution in [0.25, 0.3) is 0 Å². The van der Waals surface area contributed by atoms with Crippen LogP contribution in [0.2, 0.25) is 0 Å². The van der Waals surface area contributed by atoms with E-state index in [1.807, 2.05) is 13.8 Å². The fraction of sp³-hybridized carbons (Fsp3) is 0.500. The summed E-state index contributed by atoms with van der Waals surface area (Å²) < 4.78 is 19.1. The van der Waals surface area contributed by atoms with Crippen molar-refractivity contribution in [1.29, 1.82) is 0 Å². The number of carboxylic acids is 1. The molecule has 1 aliphatic rings. The second kappa shape index (κ2) is 4.69. The van der Waals surface area contributed by atoms with Gasteiger partial charge in [0.2, 0.25) is 0 Å². The molecule has 0 saturated carbocycles. The van der Waals surface area contributed by atoms with Crippen molar-refractivity contribution < 1.29 is 19.0 Å². The number of carboxylic acid groups (broad SMARTS) is 1. The maximum absolute atomic E-state index is 13.9. The number of rotatable bonds is 4. The second-order valence-corrected chi connectivity index (χ2v) is 5.19. The molecule has 3 nitrogen and oxygen atoms in total. The van der Waals surface area contributed by atoms with Crippen LogP contribution in [-0.4, -0.2) is 24.3 Å². The Bertz CT molecular complexity index is 452. The Morgan fingerprint density at radius 1 is 1.39 bits per heavy atom. The molecular weight excluding hydrogens is 235 g/mol. The predicted molar refractivity (Wildman–Crippen MR) is 64.9 cm³/mol. The minimum absolute atomic E-state index is 0.0778. The highest BCUT2D eigenvalue weighted by atomic mass is 19.1. The van der Waals surface area contributed by atoms with Gasteiger partial charge in [-0.1, -0.05) is 32.0 Å². The Morgan fingerprint density at radius 3 is 2.39 bits per heavy atom. The lowest BCUT2D eigenvalue weighted by molar-refractivity contribution is -0.161. The SMILES string of the molecule is CC(C)C(C(=O)O)C1(c2ccccc2F)COC1. The first-order valence-electron chi connectivity index (χ1n) is 6.04. The first-order valence-corrected chi connectivity index (χ1v) is 6.04. The summed E-state index contributed by atoms with van der Waals surface area (Å²) in [5.41, 5.74) is -0.275. The van der Waals surface area contributed by atoms with E-state index in [-0.39, 0.29) is 24.9 Å². The van der Waals surface area contributed by atoms with Gasteiger partial charge < -0.3 is 9.84 Å². The summed E-state index contributed by atoms with van der Waals surface area (Å²) in [5.74, 6) is -1.96. The van der Waals surface area contributed by atoms with Crippen molar-refractivity contribution in [3.05, 3.63) is 35.6 Å². The summed E-state index contributed by atoms with van der Waals surface area (Å²) in [6.45, 7) is 4.23. The van der Waals surface area contributed by atoms with Gasteiger partial charge in [-0.3, -0.25) is 4.79 Å². The van der Waals surface area contributed by atoms with Gasteiger partial charge >= 0.3 is 5.97 Å². The third-order valence-corrected chi connectivity index (χ3v) is 3.66. The van der Waals surface area contributed by atoms with Crippen LogP contribution in [-0.2, 0) is 14.9 Å². The maximum atomic E-state index is 13.9. The number of ether oxygens (including phenoxy) is 1. The van der Waals surface area contributed by atoms with E-state index in [4.69, 9.17) is 4.74 Å². The Balaban J connectivity index is 2.48. The molecule has 0 aliphatic carbocycles. The zero-order valence-corrected chi connectivity index (χ0v) is 10.5. The largest absolute Gasteiger partial charge is 0.481 e. The summed E-state index contributed by atoms with van der Waals surface area (Å²) in [7, 11) is 0. The van der Waals surface area contributed by atoms with E-state index >= 15 is 0 Å². The fourth-order valence-corrected chi connectivity index (χ4v) is 2.85. The molecule has 1 aromatic carbocycles. The van der Waals surface area contributed by atoms with Crippen molar-refractivity contribution in [3.63, 3.8) is 0 Å². The van der Waals surface area contributed by atoms with Crippen molar-refractivity contribution in [2.75, 3.05) is 13.2 Å². The van der Waals surface area contributed by atoms with Gasteiger partial charge in [0.25, 0.3) is 0 Å². The number of hydrogen-bond acceptors (Lipinski definition) is 2. The molecule has 18 heavy (non-hydrogen) atoms. The third-order valence-electron chi connectivity index (χ3n) is 3.66. The Hall–Kier alpha value is -1.42. The molecule has 0 radical (unpaired) electrons. The highest BCUT2D eigenvalue weighted by Crippen LogP contribution is 2.44. The van der Waals surface area contributed by atoms with Gasteiger partial charge in [0.15, 0.2) is 0 Å². The van der Waals surface area contributed by atoms with Gasteiger partial charge in [-0.05, 0) is 17.5 Å². The normalized spacial score (nSPS) is 19.3. The molecule has 1 aromatic rings. The molecule has 0 spiro atoms. The van der Waals surface area contributed by atoms with Crippen LogP contribution in [0.3, 0.4) is 0 Å². The molecule has 2 rings (SSSR count). The molecule has 1 saturated heterocycles. The predicted octanol–water partition coefficient (Wildman–Crippen LogP) is 2.45. The van der Waals surface area contributed by atoms with E-state index < -0.39 is 17.3 Å². The molecule has 0 bridgehead atoms. The lowest BCUT2D eigenvalue weighted by Crippen LogP contribution is -2.56. The van der Waals surface area contributed by atoms with Crippen LogP contribution in [0.5, 0.6) is 0 Å². The molecule has 1 unspecified atom stereocenters. The highest BCUT2D eigenvalue weighted by molar-refractivity contribution is 5.73. The summed E-state index contributed by atoms with van der Waals surface area (Å²) in [6, 6.07) is 6.37. The van der Waals surface area contributed by atoms with E-state index in [0.29, 0.717) is 5.56 Å². The van der Waals surface area contributed by atoms with E-state index in [0.717, 1.165) is 0 Å². The molecule has 1 aliphatic heterocycles. The van der Waals surface area contributed by atoms with Gasteiger partial charge in [-0.2, -0.15) is 0 Å². The van der Waals surface area contributed by atoms with E-state index in [2.05, 4.69) is 0 Å². The molecule has 1 fully saturated rings. The Kier molecular flexibility index (Phi) is 3.39. The van der Waals surface area contributed by atoms with Crippen molar-refractivity contribution in [2.24, 2.45) is 11.8 Å². The van der Waals surface area contributed by atoms with Crippen LogP contribution in [0.1, 0.15) is 19.4 Å². The molecular formula is C14H17FO3. The minimum atomic E-state index is -0.892. The van der Waals surface area contributed by atoms with Crippen LogP contribution < -0.4 is 0 Å². The van der Waals surface area contributed by atoms with E-state index in [1.165, 1.54) is 6.07 Å². The van der Waals surface area contributed by atoms with Crippen molar-refractivity contribution in [1.82, 2.24) is 0 Å². The molecule has 1 N–H and O–H groups in total. The third kappa shape index (κ3) is 1.90. The lowest BCUT2D eigenvalue weighted by Gasteiger charge is -2.47. The average Bonchev–Trinajstić information content (AvgIpc) is 2.23. The minimum Gasteiger partial charge on any atom is -0.481 e. The zero-order valence-electron chi connectivity index (χ0n) is 10.5. The second-order valence-electron chi connectivity index (χ2n) is 5.19. The van der Waals surface area contributed by atoms with Crippen LogP contribution in [0.15, 0.2) is 24.3 Å². The molecule has 0 amide bonds. The summed E-state index contributed by atoms with van der Waals surface area (Å²) >= 11 is 0. The van der Waals surface area contributed by atoms with Crippen molar-refractivity contribution in [3.8, 4) is 0 Å². The fourth-order valence-electron chi connectivity index (χ4n) is 2.85. The van der Waals surface area contributed by atoms with Gasteiger partial charge in [0.05, 0.1) is 24.5 Å². The average molecular weight is 252 g/mol. The van der Waals surface area contributed by atoms with Crippen LogP contribution >= 0.6 is 0 Å². The molecule has 1 atom stereocenters. The molecule has 98 valence electrons. The first-order chi connectivity index (χ1) is 8.49. The van der Waals surface area contributed by atoms with Crippen molar-refractivity contribution in [2.45, 2.75) is 19.3 Å². The first kappa shape index (κ1) is 13.0. The smallest absolute Gasteiger partial charge is 0.307 e. The van der Waals surface area contributed by atoms with E-state index in [9.17, 15) is 14.3 Å². The Labute approximate surface area is 106 Å². The number of aliphatic carboxylic acids is 1. The van der Waals surface area contributed by atoms with Gasteiger partial charge in [-0.15, -0.1) is 0 Å². The number of benzene rings is 1. The molecule has 1 heterocycles. The summed E-state index contributed by atoms with van der Waals surface area (Å²) in [4.78, 5) is 11.5.